The summed E-state index contributed by atoms with van der Waals surface area (Å²) in [5, 5.41) is 12.0. The molecule has 1 aromatic heterocycles. The van der Waals surface area contributed by atoms with Gasteiger partial charge in [0.1, 0.15) is 0 Å². The zero-order valence-corrected chi connectivity index (χ0v) is 14.3. The van der Waals surface area contributed by atoms with E-state index in [9.17, 15) is 4.79 Å². The first-order valence-electron chi connectivity index (χ1n) is 8.97. The molecule has 1 N–H and O–H groups in total. The molecule has 1 saturated carbocycles. The largest absolute Gasteiger partial charge is 0.352 e. The van der Waals surface area contributed by atoms with E-state index in [0.29, 0.717) is 12.6 Å². The summed E-state index contributed by atoms with van der Waals surface area (Å²) in [6.45, 7) is 5.07. The van der Waals surface area contributed by atoms with E-state index in [-0.39, 0.29) is 5.91 Å². The molecule has 25 heavy (non-hydrogen) atoms. The average Bonchev–Trinajstić information content (AvgIpc) is 3.32. The van der Waals surface area contributed by atoms with Crippen molar-refractivity contribution in [3.05, 3.63) is 42.2 Å². The van der Waals surface area contributed by atoms with Gasteiger partial charge in [-0.15, -0.1) is 0 Å². The van der Waals surface area contributed by atoms with Gasteiger partial charge in [0, 0.05) is 38.8 Å². The number of carbonyl (C=O) groups excluding carboxylic acids is 1. The molecule has 2 fully saturated rings. The van der Waals surface area contributed by atoms with E-state index in [1.165, 1.54) is 0 Å². The van der Waals surface area contributed by atoms with E-state index >= 15 is 0 Å². The Labute approximate surface area is 147 Å². The quantitative estimate of drug-likeness (QED) is 0.837. The fourth-order valence-electron chi connectivity index (χ4n) is 3.09. The summed E-state index contributed by atoms with van der Waals surface area (Å²) in [4.78, 5) is 18.2. The van der Waals surface area contributed by atoms with Crippen LogP contribution in [0.15, 0.2) is 36.5 Å². The number of hydrogen-bond acceptors (Lipinski definition) is 5. The van der Waals surface area contributed by atoms with Crippen molar-refractivity contribution in [2.24, 2.45) is 0 Å². The van der Waals surface area contributed by atoms with Crippen molar-refractivity contribution in [1.29, 1.82) is 0 Å². The summed E-state index contributed by atoms with van der Waals surface area (Å²) in [6, 6.07) is 10.4. The zero-order chi connectivity index (χ0) is 17.1. The highest BCUT2D eigenvalue weighted by molar-refractivity contribution is 5.78. The first-order valence-corrected chi connectivity index (χ1v) is 8.97. The number of benzene rings is 1. The Morgan fingerprint density at radius 1 is 1.08 bits per heavy atom. The Bertz CT molecular complexity index is 703. The molecule has 4 rings (SSSR count). The van der Waals surface area contributed by atoms with Crippen molar-refractivity contribution in [2.75, 3.05) is 32.7 Å². The Kier molecular flexibility index (Phi) is 4.76. The van der Waals surface area contributed by atoms with E-state index in [0.717, 1.165) is 56.9 Å². The Morgan fingerprint density at radius 2 is 1.80 bits per heavy atom. The Hall–Kier alpha value is -2.25. The molecule has 2 aromatic rings. The molecule has 0 spiro atoms. The van der Waals surface area contributed by atoms with Gasteiger partial charge in [-0.05, 0) is 25.0 Å². The molecule has 7 nitrogen and oxygen atoms in total. The van der Waals surface area contributed by atoms with Crippen LogP contribution in [0.1, 0.15) is 18.5 Å². The minimum absolute atomic E-state index is 0.168. The predicted octanol–water partition coefficient (Wildman–Crippen LogP) is 0.663. The number of piperazine rings is 1. The van der Waals surface area contributed by atoms with Crippen molar-refractivity contribution in [2.45, 2.75) is 25.4 Å². The summed E-state index contributed by atoms with van der Waals surface area (Å²) in [6.07, 6.45) is 4.12. The second-order valence-electron chi connectivity index (χ2n) is 6.85. The van der Waals surface area contributed by atoms with Crippen LogP contribution in [-0.4, -0.2) is 69.5 Å². The van der Waals surface area contributed by atoms with Crippen molar-refractivity contribution in [3.63, 3.8) is 0 Å². The number of hydrogen-bond donors (Lipinski definition) is 1. The average molecular weight is 340 g/mol. The van der Waals surface area contributed by atoms with Gasteiger partial charge in [-0.2, -0.15) is 15.0 Å². The van der Waals surface area contributed by atoms with Crippen LogP contribution in [0.2, 0.25) is 0 Å². The number of amides is 1. The molecule has 7 heteroatoms. The molecule has 0 radical (unpaired) electrons. The first kappa shape index (κ1) is 16.2. The molecule has 1 amide bonds. The lowest BCUT2D eigenvalue weighted by molar-refractivity contribution is -0.122. The lowest BCUT2D eigenvalue weighted by atomic mass is 10.3. The monoisotopic (exact) mass is 340 g/mol. The van der Waals surface area contributed by atoms with E-state index < -0.39 is 0 Å². The predicted molar refractivity (Wildman–Crippen MR) is 94.2 cm³/mol. The van der Waals surface area contributed by atoms with Gasteiger partial charge in [0.2, 0.25) is 5.91 Å². The van der Waals surface area contributed by atoms with Crippen LogP contribution >= 0.6 is 0 Å². The lowest BCUT2D eigenvalue weighted by Gasteiger charge is -2.33. The maximum Gasteiger partial charge on any atom is 0.234 e. The molecule has 2 aliphatic rings. The smallest absolute Gasteiger partial charge is 0.234 e. The molecule has 0 unspecified atom stereocenters. The number of rotatable bonds is 6. The number of carbonyl (C=O) groups is 1. The number of nitrogens with zero attached hydrogens (tertiary/aromatic N) is 5. The summed E-state index contributed by atoms with van der Waals surface area (Å²) in [7, 11) is 0. The van der Waals surface area contributed by atoms with E-state index in [2.05, 4.69) is 25.3 Å². The third kappa shape index (κ3) is 4.43. The van der Waals surface area contributed by atoms with Crippen LogP contribution in [-0.2, 0) is 11.3 Å². The topological polar surface area (TPSA) is 66.3 Å². The van der Waals surface area contributed by atoms with Gasteiger partial charge in [0.25, 0.3) is 0 Å². The van der Waals surface area contributed by atoms with Crippen molar-refractivity contribution in [1.82, 2.24) is 30.1 Å². The highest BCUT2D eigenvalue weighted by Crippen LogP contribution is 2.18. The molecule has 1 aliphatic carbocycles. The van der Waals surface area contributed by atoms with Crippen LogP contribution in [0, 0.1) is 0 Å². The van der Waals surface area contributed by atoms with Gasteiger partial charge in [-0.25, -0.2) is 0 Å². The van der Waals surface area contributed by atoms with Gasteiger partial charge < -0.3 is 5.32 Å². The van der Waals surface area contributed by atoms with Gasteiger partial charge in [-0.3, -0.25) is 14.6 Å². The highest BCUT2D eigenvalue weighted by Gasteiger charge is 2.25. The van der Waals surface area contributed by atoms with Crippen molar-refractivity contribution >= 4 is 5.91 Å². The van der Waals surface area contributed by atoms with Crippen LogP contribution in [0.25, 0.3) is 5.69 Å². The second-order valence-corrected chi connectivity index (χ2v) is 6.85. The molecule has 0 atom stereocenters. The Morgan fingerprint density at radius 3 is 2.52 bits per heavy atom. The minimum atomic E-state index is 0.168. The molecule has 1 aromatic carbocycles. The second kappa shape index (κ2) is 7.33. The summed E-state index contributed by atoms with van der Waals surface area (Å²) < 4.78 is 0. The third-order valence-electron chi connectivity index (χ3n) is 4.69. The maximum absolute atomic E-state index is 11.9. The normalized spacial score (nSPS) is 19.0. The summed E-state index contributed by atoms with van der Waals surface area (Å²) >= 11 is 0. The summed E-state index contributed by atoms with van der Waals surface area (Å²) in [5.74, 6) is 0.168. The molecule has 1 saturated heterocycles. The van der Waals surface area contributed by atoms with E-state index in [1.807, 2.05) is 36.5 Å². The van der Waals surface area contributed by atoms with Crippen LogP contribution in [0.3, 0.4) is 0 Å². The molecule has 1 aliphatic heterocycles. The molecular weight excluding hydrogens is 316 g/mol. The van der Waals surface area contributed by atoms with Crippen LogP contribution in [0.4, 0.5) is 0 Å². The van der Waals surface area contributed by atoms with E-state index in [4.69, 9.17) is 0 Å². The highest BCUT2D eigenvalue weighted by atomic mass is 16.2. The van der Waals surface area contributed by atoms with Crippen LogP contribution in [0.5, 0.6) is 0 Å². The number of para-hydroxylation sites is 1. The first-order chi connectivity index (χ1) is 12.3. The number of aromatic nitrogens is 3. The van der Waals surface area contributed by atoms with Gasteiger partial charge in [0.05, 0.1) is 24.1 Å². The van der Waals surface area contributed by atoms with Gasteiger partial charge >= 0.3 is 0 Å². The maximum atomic E-state index is 11.9. The summed E-state index contributed by atoms with van der Waals surface area (Å²) in [5.41, 5.74) is 1.95. The molecule has 2 heterocycles. The van der Waals surface area contributed by atoms with Gasteiger partial charge in [0.15, 0.2) is 0 Å². The van der Waals surface area contributed by atoms with Gasteiger partial charge in [-0.1, -0.05) is 18.2 Å². The number of nitrogens with one attached hydrogen (secondary N) is 1. The van der Waals surface area contributed by atoms with Crippen LogP contribution < -0.4 is 5.32 Å². The van der Waals surface area contributed by atoms with Crippen molar-refractivity contribution < 1.29 is 4.79 Å². The standard InChI is InChI=1S/C18H24N6O/c25-18(20-15-6-7-15)14-23-10-8-22(9-11-23)13-16-12-19-24(21-16)17-4-2-1-3-5-17/h1-5,12,15H,6-11,13-14H2,(H,20,25). The molecule has 0 bridgehead atoms. The zero-order valence-electron chi connectivity index (χ0n) is 14.3. The van der Waals surface area contributed by atoms with E-state index in [1.54, 1.807) is 4.80 Å². The SMILES string of the molecule is O=C(CN1CCN(Cc2cnn(-c3ccccc3)n2)CC1)NC1CC1. The minimum Gasteiger partial charge on any atom is -0.352 e. The molecule has 132 valence electrons. The lowest BCUT2D eigenvalue weighted by Crippen LogP contribution is -2.49. The fourth-order valence-corrected chi connectivity index (χ4v) is 3.09. The Balaban J connectivity index is 1.24. The third-order valence-corrected chi connectivity index (χ3v) is 4.69. The molecular formula is C18H24N6O. The fraction of sp³-hybridized carbons (Fsp3) is 0.500. The van der Waals surface area contributed by atoms with Crippen molar-refractivity contribution in [3.8, 4) is 5.69 Å².